The fourth-order valence-corrected chi connectivity index (χ4v) is 2.29. The molecule has 1 N–H and O–H groups in total. The van der Waals surface area contributed by atoms with Crippen molar-refractivity contribution >= 4 is 16.9 Å². The van der Waals surface area contributed by atoms with Crippen molar-refractivity contribution in [1.82, 2.24) is 9.72 Å². The van der Waals surface area contributed by atoms with Crippen LogP contribution in [-0.4, -0.2) is 20.8 Å². The Balaban J connectivity index is 2.23. The van der Waals surface area contributed by atoms with E-state index in [1.54, 1.807) is 41.8 Å². The first-order chi connectivity index (χ1) is 10.1. The number of hydrogen-bond donors (Lipinski definition) is 1. The van der Waals surface area contributed by atoms with Gasteiger partial charge in [0, 0.05) is 17.6 Å². The summed E-state index contributed by atoms with van der Waals surface area (Å²) in [5.41, 5.74) is 0.656. The Morgan fingerprint density at radius 1 is 1.38 bits per heavy atom. The highest BCUT2D eigenvalue weighted by Gasteiger charge is 2.15. The maximum Gasteiger partial charge on any atom is 0.341 e. The monoisotopic (exact) mass is 284 g/mol. The van der Waals surface area contributed by atoms with E-state index in [1.807, 2.05) is 0 Å². The summed E-state index contributed by atoms with van der Waals surface area (Å²) in [6.07, 6.45) is 1.34. The van der Waals surface area contributed by atoms with Crippen molar-refractivity contribution < 1.29 is 14.4 Å². The van der Waals surface area contributed by atoms with Gasteiger partial charge in [-0.25, -0.2) is 4.79 Å². The second-order valence-corrected chi connectivity index (χ2v) is 4.76. The molecule has 0 bridgehead atoms. The summed E-state index contributed by atoms with van der Waals surface area (Å²) < 4.78 is 6.83. The third-order valence-corrected chi connectivity index (χ3v) is 3.22. The summed E-state index contributed by atoms with van der Waals surface area (Å²) in [5.74, 6) is -0.647. The molecule has 0 saturated carbocycles. The van der Waals surface area contributed by atoms with Crippen molar-refractivity contribution in [3.8, 4) is 0 Å². The molecule has 0 aliphatic rings. The van der Waals surface area contributed by atoms with Gasteiger partial charge in [0.2, 0.25) is 5.43 Å². The largest absolute Gasteiger partial charge is 0.477 e. The van der Waals surface area contributed by atoms with E-state index in [1.165, 1.54) is 6.20 Å². The Kier molecular flexibility index (Phi) is 3.06. The minimum Gasteiger partial charge on any atom is -0.477 e. The first-order valence-corrected chi connectivity index (χ1v) is 6.34. The van der Waals surface area contributed by atoms with E-state index in [-0.39, 0.29) is 5.56 Å². The molecule has 0 aliphatic carbocycles. The first kappa shape index (κ1) is 13.1. The van der Waals surface area contributed by atoms with Gasteiger partial charge >= 0.3 is 5.97 Å². The molecule has 0 radical (unpaired) electrons. The number of carboxylic acids is 1. The normalized spacial score (nSPS) is 10.9. The molecular weight excluding hydrogens is 272 g/mol. The predicted octanol–water partition coefficient (Wildman–Crippen LogP) is 2.04. The van der Waals surface area contributed by atoms with Gasteiger partial charge < -0.3 is 14.2 Å². The van der Waals surface area contributed by atoms with Crippen LogP contribution < -0.4 is 5.43 Å². The maximum atomic E-state index is 12.1. The van der Waals surface area contributed by atoms with Gasteiger partial charge in [0.15, 0.2) is 5.76 Å². The zero-order valence-corrected chi connectivity index (χ0v) is 11.2. The average molecular weight is 284 g/mol. The fourth-order valence-electron chi connectivity index (χ4n) is 2.29. The van der Waals surface area contributed by atoms with Crippen LogP contribution in [0, 0.1) is 6.92 Å². The van der Waals surface area contributed by atoms with Crippen LogP contribution in [0.4, 0.5) is 0 Å². The lowest BCUT2D eigenvalue weighted by Gasteiger charge is -2.10. The molecule has 0 fully saturated rings. The van der Waals surface area contributed by atoms with Crippen molar-refractivity contribution in [2.24, 2.45) is 0 Å². The summed E-state index contributed by atoms with van der Waals surface area (Å²) in [6.45, 7) is 2.11. The van der Waals surface area contributed by atoms with Crippen molar-refractivity contribution in [1.29, 1.82) is 0 Å². The molecule has 0 saturated heterocycles. The molecule has 106 valence electrons. The Morgan fingerprint density at radius 2 is 2.14 bits per heavy atom. The van der Waals surface area contributed by atoms with Crippen LogP contribution in [0.25, 0.3) is 10.9 Å². The second kappa shape index (κ2) is 4.90. The first-order valence-electron chi connectivity index (χ1n) is 6.34. The molecule has 2 heterocycles. The van der Waals surface area contributed by atoms with Crippen LogP contribution in [0.5, 0.6) is 0 Å². The summed E-state index contributed by atoms with van der Waals surface area (Å²) in [7, 11) is 0. The fraction of sp³-hybridized carbons (Fsp3) is 0.133. The Morgan fingerprint density at radius 3 is 2.81 bits per heavy atom. The van der Waals surface area contributed by atoms with Crippen molar-refractivity contribution in [2.75, 3.05) is 0 Å². The molecule has 0 atom stereocenters. The van der Waals surface area contributed by atoms with Gasteiger partial charge in [-0.3, -0.25) is 4.79 Å². The molecular formula is C15H12N2O4. The number of aromatic nitrogens is 2. The number of benzene rings is 1. The number of aryl methyl sites for hydroxylation is 1. The average Bonchev–Trinajstić information content (AvgIpc) is 2.87. The van der Waals surface area contributed by atoms with Crippen LogP contribution in [0.2, 0.25) is 0 Å². The SMILES string of the molecule is Cc1cc(Cn2cc(C(=O)O)c(=O)c3ccccc32)on1. The van der Waals surface area contributed by atoms with Crippen molar-refractivity contribution in [2.45, 2.75) is 13.5 Å². The third kappa shape index (κ3) is 2.31. The highest BCUT2D eigenvalue weighted by atomic mass is 16.5. The van der Waals surface area contributed by atoms with E-state index in [0.29, 0.717) is 23.2 Å². The summed E-state index contributed by atoms with van der Waals surface area (Å²) >= 11 is 0. The molecule has 3 aromatic rings. The summed E-state index contributed by atoms with van der Waals surface area (Å²) in [6, 6.07) is 8.66. The zero-order valence-electron chi connectivity index (χ0n) is 11.2. The van der Waals surface area contributed by atoms with Crippen LogP contribution in [0.1, 0.15) is 21.8 Å². The smallest absolute Gasteiger partial charge is 0.341 e. The van der Waals surface area contributed by atoms with Crippen LogP contribution >= 0.6 is 0 Å². The summed E-state index contributed by atoms with van der Waals surface area (Å²) in [4.78, 5) is 23.4. The van der Waals surface area contributed by atoms with E-state index < -0.39 is 11.4 Å². The van der Waals surface area contributed by atoms with E-state index in [0.717, 1.165) is 5.69 Å². The topological polar surface area (TPSA) is 85.3 Å². The lowest BCUT2D eigenvalue weighted by molar-refractivity contribution is 0.0695. The quantitative estimate of drug-likeness (QED) is 0.795. The number of rotatable bonds is 3. The number of aromatic carboxylic acids is 1. The van der Waals surface area contributed by atoms with Crippen LogP contribution in [0.15, 0.2) is 45.8 Å². The standard InChI is InChI=1S/C15H12N2O4/c1-9-6-10(21-16-9)7-17-8-12(15(19)20)14(18)11-4-2-3-5-13(11)17/h2-6,8H,7H2,1H3,(H,19,20). The van der Waals surface area contributed by atoms with Crippen molar-refractivity contribution in [3.05, 3.63) is 63.8 Å². The molecule has 21 heavy (non-hydrogen) atoms. The van der Waals surface area contributed by atoms with E-state index in [2.05, 4.69) is 5.16 Å². The number of nitrogens with zero attached hydrogens (tertiary/aromatic N) is 2. The number of carboxylic acid groups (broad SMARTS) is 1. The maximum absolute atomic E-state index is 12.1. The van der Waals surface area contributed by atoms with Gasteiger partial charge in [0.1, 0.15) is 5.56 Å². The number of carbonyl (C=O) groups is 1. The minimum absolute atomic E-state index is 0.259. The second-order valence-electron chi connectivity index (χ2n) is 4.76. The lowest BCUT2D eigenvalue weighted by Crippen LogP contribution is -2.19. The molecule has 6 heteroatoms. The molecule has 3 rings (SSSR count). The van der Waals surface area contributed by atoms with Crippen LogP contribution in [-0.2, 0) is 6.54 Å². The Labute approximate surface area is 119 Å². The van der Waals surface area contributed by atoms with Crippen molar-refractivity contribution in [3.63, 3.8) is 0 Å². The highest BCUT2D eigenvalue weighted by molar-refractivity contribution is 5.92. The number of pyridine rings is 1. The number of para-hydroxylation sites is 1. The van der Waals surface area contributed by atoms with E-state index in [4.69, 9.17) is 4.52 Å². The molecule has 1 aromatic carbocycles. The number of fused-ring (bicyclic) bond motifs is 1. The van der Waals surface area contributed by atoms with Gasteiger partial charge in [-0.2, -0.15) is 0 Å². The van der Waals surface area contributed by atoms with Gasteiger partial charge in [0.25, 0.3) is 0 Å². The molecule has 0 spiro atoms. The molecule has 0 unspecified atom stereocenters. The number of hydrogen-bond acceptors (Lipinski definition) is 4. The van der Waals surface area contributed by atoms with Gasteiger partial charge in [-0.1, -0.05) is 17.3 Å². The zero-order chi connectivity index (χ0) is 15.0. The van der Waals surface area contributed by atoms with E-state index in [9.17, 15) is 14.7 Å². The van der Waals surface area contributed by atoms with Gasteiger partial charge in [0.05, 0.1) is 17.8 Å². The molecule has 2 aromatic heterocycles. The Bertz CT molecular complexity index is 892. The molecule has 6 nitrogen and oxygen atoms in total. The van der Waals surface area contributed by atoms with Crippen LogP contribution in [0.3, 0.4) is 0 Å². The lowest BCUT2D eigenvalue weighted by atomic mass is 10.1. The summed E-state index contributed by atoms with van der Waals surface area (Å²) in [5, 5.41) is 13.3. The predicted molar refractivity (Wildman–Crippen MR) is 75.5 cm³/mol. The molecule has 0 amide bonds. The Hall–Kier alpha value is -2.89. The van der Waals surface area contributed by atoms with Gasteiger partial charge in [-0.05, 0) is 19.1 Å². The third-order valence-electron chi connectivity index (χ3n) is 3.22. The molecule has 0 aliphatic heterocycles. The van der Waals surface area contributed by atoms with Gasteiger partial charge in [-0.15, -0.1) is 0 Å². The van der Waals surface area contributed by atoms with E-state index >= 15 is 0 Å². The highest BCUT2D eigenvalue weighted by Crippen LogP contribution is 2.14. The minimum atomic E-state index is -1.24.